The van der Waals surface area contributed by atoms with Crippen molar-refractivity contribution in [2.75, 3.05) is 13.1 Å². The van der Waals surface area contributed by atoms with Crippen molar-refractivity contribution in [2.45, 2.75) is 45.8 Å². The highest BCUT2D eigenvalue weighted by Gasteiger charge is 2.30. The predicted octanol–water partition coefficient (Wildman–Crippen LogP) is 4.26. The Labute approximate surface area is 158 Å². The summed E-state index contributed by atoms with van der Waals surface area (Å²) in [6, 6.07) is 5.17. The fourth-order valence-electron chi connectivity index (χ4n) is 2.68. The van der Waals surface area contributed by atoms with Gasteiger partial charge in [-0.3, -0.25) is 4.79 Å². The van der Waals surface area contributed by atoms with Gasteiger partial charge in [0.25, 0.3) is 0 Å². The number of carbonyl (C=O) groups excluding carboxylic acids is 2. The van der Waals surface area contributed by atoms with E-state index in [4.69, 9.17) is 27.9 Å². The molecular weight excluding hydrogens is 363 g/mol. The Morgan fingerprint density at radius 3 is 2.68 bits per heavy atom. The maximum Gasteiger partial charge on any atom is 0.410 e. The monoisotopic (exact) mass is 386 g/mol. The van der Waals surface area contributed by atoms with Crippen LogP contribution in [-0.4, -0.2) is 35.6 Å². The fraction of sp³-hybridized carbons (Fsp3) is 0.556. The van der Waals surface area contributed by atoms with Crippen molar-refractivity contribution in [3.8, 4) is 0 Å². The Morgan fingerprint density at radius 1 is 1.32 bits per heavy atom. The molecule has 1 heterocycles. The first-order valence-electron chi connectivity index (χ1n) is 8.35. The van der Waals surface area contributed by atoms with Crippen LogP contribution in [0.1, 0.15) is 39.2 Å². The van der Waals surface area contributed by atoms with Crippen molar-refractivity contribution in [3.63, 3.8) is 0 Å². The fourth-order valence-corrected chi connectivity index (χ4v) is 3.15. The molecule has 5 nitrogen and oxygen atoms in total. The summed E-state index contributed by atoms with van der Waals surface area (Å²) in [6.45, 7) is 6.80. The Balaban J connectivity index is 1.89. The smallest absolute Gasteiger partial charge is 0.410 e. The second-order valence-corrected chi connectivity index (χ2v) is 8.06. The van der Waals surface area contributed by atoms with Gasteiger partial charge in [-0.25, -0.2) is 4.79 Å². The number of nitrogens with zero attached hydrogens (tertiary/aromatic N) is 1. The third kappa shape index (κ3) is 6.08. The first kappa shape index (κ1) is 19.9. The minimum atomic E-state index is -0.544. The molecular formula is C18H24Cl2N2O3. The van der Waals surface area contributed by atoms with E-state index >= 15 is 0 Å². The molecule has 1 aliphatic rings. The van der Waals surface area contributed by atoms with Crippen molar-refractivity contribution in [1.82, 2.24) is 10.2 Å². The topological polar surface area (TPSA) is 58.6 Å². The van der Waals surface area contributed by atoms with Gasteiger partial charge >= 0.3 is 6.09 Å². The normalized spacial score (nSPS) is 18.0. The van der Waals surface area contributed by atoms with E-state index < -0.39 is 5.60 Å². The highest BCUT2D eigenvalue weighted by atomic mass is 35.5. The molecule has 2 amide bonds. The number of rotatable bonds is 3. The van der Waals surface area contributed by atoms with Gasteiger partial charge in [0.15, 0.2) is 0 Å². The number of ether oxygens (including phenoxy) is 1. The second kappa shape index (κ2) is 8.28. The Hall–Kier alpha value is -1.46. The summed E-state index contributed by atoms with van der Waals surface area (Å²) < 4.78 is 5.39. The largest absolute Gasteiger partial charge is 0.444 e. The minimum absolute atomic E-state index is 0.0840. The van der Waals surface area contributed by atoms with E-state index in [-0.39, 0.29) is 17.9 Å². The van der Waals surface area contributed by atoms with Crippen molar-refractivity contribution in [3.05, 3.63) is 33.8 Å². The molecule has 7 heteroatoms. The molecule has 1 saturated heterocycles. The first-order valence-corrected chi connectivity index (χ1v) is 9.11. The summed E-state index contributed by atoms with van der Waals surface area (Å²) in [5.41, 5.74) is 0.261. The number of piperidine rings is 1. The van der Waals surface area contributed by atoms with E-state index in [2.05, 4.69) is 5.32 Å². The van der Waals surface area contributed by atoms with E-state index in [1.165, 1.54) is 0 Å². The van der Waals surface area contributed by atoms with E-state index in [1.807, 2.05) is 20.8 Å². The van der Waals surface area contributed by atoms with Crippen molar-refractivity contribution in [1.29, 1.82) is 0 Å². The summed E-state index contributed by atoms with van der Waals surface area (Å²) in [5, 5.41) is 3.97. The van der Waals surface area contributed by atoms with Gasteiger partial charge in [0.1, 0.15) is 5.60 Å². The number of amides is 2. The molecule has 1 atom stereocenters. The molecule has 0 aromatic heterocycles. The van der Waals surface area contributed by atoms with Crippen molar-refractivity contribution in [2.24, 2.45) is 5.92 Å². The van der Waals surface area contributed by atoms with E-state index in [1.54, 1.807) is 23.1 Å². The lowest BCUT2D eigenvalue weighted by molar-refractivity contribution is -0.126. The van der Waals surface area contributed by atoms with Crippen molar-refractivity contribution >= 4 is 35.2 Å². The molecule has 0 aliphatic carbocycles. The molecule has 0 bridgehead atoms. The lowest BCUT2D eigenvalue weighted by atomic mass is 9.97. The number of carbonyl (C=O) groups is 2. The predicted molar refractivity (Wildman–Crippen MR) is 98.8 cm³/mol. The summed E-state index contributed by atoms with van der Waals surface area (Å²) in [4.78, 5) is 26.2. The van der Waals surface area contributed by atoms with Crippen LogP contribution in [0.3, 0.4) is 0 Å². The molecule has 2 rings (SSSR count). The summed E-state index contributed by atoms with van der Waals surface area (Å²) in [5.74, 6) is -0.327. The van der Waals surface area contributed by atoms with Gasteiger partial charge in [-0.2, -0.15) is 0 Å². The third-order valence-corrected chi connectivity index (χ3v) is 4.50. The zero-order valence-corrected chi connectivity index (χ0v) is 16.3. The lowest BCUT2D eigenvalue weighted by Gasteiger charge is -2.33. The number of likely N-dealkylation sites (tertiary alicyclic amines) is 1. The average molecular weight is 387 g/mol. The number of benzene rings is 1. The van der Waals surface area contributed by atoms with E-state index in [0.29, 0.717) is 29.7 Å². The molecule has 1 aromatic rings. The number of hydrogen-bond donors (Lipinski definition) is 1. The minimum Gasteiger partial charge on any atom is -0.444 e. The molecule has 1 aromatic carbocycles. The van der Waals surface area contributed by atoms with Crippen LogP contribution in [0, 0.1) is 5.92 Å². The van der Waals surface area contributed by atoms with Gasteiger partial charge < -0.3 is 15.0 Å². The summed E-state index contributed by atoms with van der Waals surface area (Å²) in [7, 11) is 0. The Bertz CT molecular complexity index is 644. The highest BCUT2D eigenvalue weighted by molar-refractivity contribution is 6.35. The zero-order chi connectivity index (χ0) is 18.6. The van der Waals surface area contributed by atoms with E-state index in [9.17, 15) is 9.59 Å². The average Bonchev–Trinajstić information content (AvgIpc) is 2.52. The molecule has 0 spiro atoms. The van der Waals surface area contributed by atoms with Crippen LogP contribution < -0.4 is 5.32 Å². The molecule has 25 heavy (non-hydrogen) atoms. The summed E-state index contributed by atoms with van der Waals surface area (Å²) in [6.07, 6.45) is 1.16. The van der Waals surface area contributed by atoms with Crippen molar-refractivity contribution < 1.29 is 14.3 Å². The Morgan fingerprint density at radius 2 is 2.04 bits per heavy atom. The van der Waals surface area contributed by atoms with Gasteiger partial charge in [0.2, 0.25) is 5.91 Å². The van der Waals surface area contributed by atoms with Crippen LogP contribution in [0.2, 0.25) is 10.0 Å². The highest BCUT2D eigenvalue weighted by Crippen LogP contribution is 2.22. The second-order valence-electron chi connectivity index (χ2n) is 7.22. The molecule has 1 aliphatic heterocycles. The molecule has 1 fully saturated rings. The quantitative estimate of drug-likeness (QED) is 0.843. The maximum atomic E-state index is 12.4. The molecule has 138 valence electrons. The van der Waals surface area contributed by atoms with Gasteiger partial charge in [-0.05, 0) is 51.3 Å². The van der Waals surface area contributed by atoms with Crippen LogP contribution in [0.15, 0.2) is 18.2 Å². The van der Waals surface area contributed by atoms with Crippen LogP contribution >= 0.6 is 23.2 Å². The third-order valence-electron chi connectivity index (χ3n) is 3.91. The number of hydrogen-bond acceptors (Lipinski definition) is 3. The van der Waals surface area contributed by atoms with Crippen LogP contribution in [-0.2, 0) is 16.1 Å². The zero-order valence-electron chi connectivity index (χ0n) is 14.8. The standard InChI is InChI=1S/C18H24Cl2N2O3/c1-18(2,3)25-17(24)22-8-4-5-13(11-22)16(23)21-10-12-6-7-14(19)9-15(12)20/h6-7,9,13H,4-5,8,10-11H2,1-3H3,(H,21,23)/t13-/m0/s1. The lowest BCUT2D eigenvalue weighted by Crippen LogP contribution is -2.46. The number of halogens is 2. The van der Waals surface area contributed by atoms with E-state index in [0.717, 1.165) is 18.4 Å². The maximum absolute atomic E-state index is 12.4. The SMILES string of the molecule is CC(C)(C)OC(=O)N1CCC[C@H](C(=O)NCc2ccc(Cl)cc2Cl)C1. The van der Waals surface area contributed by atoms with Gasteiger partial charge in [0, 0.05) is 29.7 Å². The van der Waals surface area contributed by atoms with Gasteiger partial charge in [-0.1, -0.05) is 29.3 Å². The number of nitrogens with one attached hydrogen (secondary N) is 1. The van der Waals surface area contributed by atoms with Crippen LogP contribution in [0.25, 0.3) is 0 Å². The summed E-state index contributed by atoms with van der Waals surface area (Å²) >= 11 is 12.0. The van der Waals surface area contributed by atoms with Crippen LogP contribution in [0.4, 0.5) is 4.79 Å². The molecule has 1 N–H and O–H groups in total. The molecule has 0 saturated carbocycles. The Kier molecular flexibility index (Phi) is 6.58. The van der Waals surface area contributed by atoms with Crippen LogP contribution in [0.5, 0.6) is 0 Å². The molecule has 0 radical (unpaired) electrons. The van der Waals surface area contributed by atoms with Gasteiger partial charge in [0.05, 0.1) is 5.92 Å². The van der Waals surface area contributed by atoms with Gasteiger partial charge in [-0.15, -0.1) is 0 Å². The molecule has 0 unspecified atom stereocenters. The first-order chi connectivity index (χ1) is 11.7.